The van der Waals surface area contributed by atoms with Crippen molar-refractivity contribution in [2.24, 2.45) is 10.8 Å². The van der Waals surface area contributed by atoms with Gasteiger partial charge in [-0.05, 0) is 54.2 Å². The van der Waals surface area contributed by atoms with Crippen LogP contribution in [0.4, 0.5) is 10.5 Å². The summed E-state index contributed by atoms with van der Waals surface area (Å²) < 4.78 is 4.13. The van der Waals surface area contributed by atoms with Crippen molar-refractivity contribution in [2.45, 2.75) is 32.1 Å². The van der Waals surface area contributed by atoms with Crippen molar-refractivity contribution < 1.29 is 14.3 Å². The van der Waals surface area contributed by atoms with Gasteiger partial charge in [-0.2, -0.15) is 15.6 Å². The monoisotopic (exact) mass is 471 g/mol. The Morgan fingerprint density at radius 1 is 1.22 bits per heavy atom. The highest BCUT2D eigenvalue weighted by Gasteiger charge is 2.21. The molecule has 0 spiro atoms. The minimum atomic E-state index is -1.35. The molecule has 2 aromatic carbocycles. The molecule has 0 aliphatic heterocycles. The Balaban J connectivity index is 2.23. The zero-order chi connectivity index (χ0) is 23.8. The number of hydrogen-bond acceptors (Lipinski definition) is 7. The molecule has 0 aliphatic rings. The maximum absolute atomic E-state index is 11.6. The first kappa shape index (κ1) is 24.7. The highest BCUT2D eigenvalue weighted by Crippen LogP contribution is 2.36. The highest BCUT2D eigenvalue weighted by atomic mass is 35.5. The molecule has 32 heavy (non-hydrogen) atoms. The van der Waals surface area contributed by atoms with Gasteiger partial charge in [-0.25, -0.2) is 9.59 Å². The largest absolute Gasteiger partial charge is 0.412 e. The molecular weight excluding hydrogens is 453 g/mol. The van der Waals surface area contributed by atoms with Gasteiger partial charge in [0, 0.05) is 10.0 Å². The third-order valence-electron chi connectivity index (χ3n) is 4.68. The molecule has 0 aromatic heterocycles. The lowest BCUT2D eigenvalue weighted by Gasteiger charge is -2.19. The number of halogens is 2. The van der Waals surface area contributed by atoms with Gasteiger partial charge >= 0.3 is 12.1 Å². The molecule has 2 aromatic rings. The fourth-order valence-corrected chi connectivity index (χ4v) is 3.41. The number of amides is 1. The van der Waals surface area contributed by atoms with Gasteiger partial charge in [0.2, 0.25) is 5.71 Å². The van der Waals surface area contributed by atoms with Crippen LogP contribution in [0.25, 0.3) is 0 Å². The minimum Gasteiger partial charge on any atom is -0.371 e. The second-order valence-electron chi connectivity index (χ2n) is 6.95. The van der Waals surface area contributed by atoms with Crippen molar-refractivity contribution in [2.75, 3.05) is 5.43 Å². The lowest BCUT2D eigenvalue weighted by molar-refractivity contribution is -0.129. The average Bonchev–Trinajstić information content (AvgIpc) is 2.74. The van der Waals surface area contributed by atoms with E-state index in [1.807, 2.05) is 31.2 Å². The average molecular weight is 472 g/mol. The molecule has 8 nitrogen and oxygen atoms in total. The van der Waals surface area contributed by atoms with Crippen molar-refractivity contribution >= 4 is 46.7 Å². The summed E-state index contributed by atoms with van der Waals surface area (Å²) in [6, 6.07) is 14.6. The number of hydrogen-bond donors (Lipinski definition) is 2. The summed E-state index contributed by atoms with van der Waals surface area (Å²) in [4.78, 5) is 22.3. The van der Waals surface area contributed by atoms with E-state index in [2.05, 4.69) is 21.3 Å². The number of nitriles is 2. The normalized spacial score (nSPS) is 12.8. The third kappa shape index (κ3) is 6.45. The summed E-state index contributed by atoms with van der Waals surface area (Å²) in [7, 11) is 0. The van der Waals surface area contributed by atoms with Crippen LogP contribution >= 0.6 is 23.2 Å². The molecule has 2 rings (SSSR count). The first-order chi connectivity index (χ1) is 15.2. The topological polar surface area (TPSA) is 141 Å². The number of rotatable bonds is 7. The van der Waals surface area contributed by atoms with Crippen LogP contribution < -0.4 is 11.2 Å². The molecule has 0 radical (unpaired) electrons. The molecule has 1 amide bonds. The number of benzene rings is 2. The smallest absolute Gasteiger partial charge is 0.371 e. The zero-order valence-corrected chi connectivity index (χ0v) is 18.7. The zero-order valence-electron chi connectivity index (χ0n) is 17.2. The van der Waals surface area contributed by atoms with Gasteiger partial charge in [-0.3, -0.25) is 5.43 Å². The number of anilines is 1. The summed E-state index contributed by atoms with van der Waals surface area (Å²) >= 11 is 12.4. The molecule has 3 N–H and O–H groups in total. The standard InChI is InChI=1S/C22H19Cl2N5O3/c1-12(14-3-5-16(23)6-4-14)7-15(10-25)17-8-13(2)19(9-18(17)24)28-29-20(11-26)21(30)32-22(27)31/h3-6,8-9,12,15,28H,7H2,1-2H3,(H2,27,31). The number of nitrogens with two attached hydrogens (primary N) is 1. The van der Waals surface area contributed by atoms with E-state index in [0.717, 1.165) is 5.56 Å². The van der Waals surface area contributed by atoms with E-state index in [9.17, 15) is 14.9 Å². The molecule has 10 heteroatoms. The van der Waals surface area contributed by atoms with Gasteiger partial charge in [0.1, 0.15) is 6.07 Å². The quantitative estimate of drug-likeness (QED) is 0.251. The fourth-order valence-electron chi connectivity index (χ4n) is 2.99. The molecule has 2 unspecified atom stereocenters. The Hall–Kier alpha value is -3.59. The SMILES string of the molecule is Cc1cc(C(C#N)CC(C)c2ccc(Cl)cc2)c(Cl)cc1NN=C(C#N)C(=O)OC(N)=O. The van der Waals surface area contributed by atoms with Gasteiger partial charge in [0.25, 0.3) is 0 Å². The molecule has 0 bridgehead atoms. The fraction of sp³-hybridized carbons (Fsp3) is 0.227. The Bertz CT molecular complexity index is 1130. The number of primary amides is 1. The number of nitrogens with one attached hydrogen (secondary N) is 1. The predicted molar refractivity (Wildman–Crippen MR) is 121 cm³/mol. The molecule has 0 heterocycles. The Labute approximate surface area is 195 Å². The van der Waals surface area contributed by atoms with Gasteiger partial charge in [0.15, 0.2) is 0 Å². The number of hydrazone groups is 1. The van der Waals surface area contributed by atoms with E-state index in [0.29, 0.717) is 33.3 Å². The van der Waals surface area contributed by atoms with E-state index in [1.165, 1.54) is 6.07 Å². The number of esters is 1. The second-order valence-corrected chi connectivity index (χ2v) is 7.79. The van der Waals surface area contributed by atoms with Crippen molar-refractivity contribution in [3.05, 3.63) is 63.1 Å². The summed E-state index contributed by atoms with van der Waals surface area (Å²) in [5.41, 5.74) is 9.39. The van der Waals surface area contributed by atoms with Gasteiger partial charge < -0.3 is 10.5 Å². The van der Waals surface area contributed by atoms with E-state index in [-0.39, 0.29) is 5.92 Å². The number of carbonyl (C=O) groups is 2. The number of ether oxygens (including phenoxy) is 1. The van der Waals surface area contributed by atoms with Gasteiger partial charge in [0.05, 0.1) is 17.7 Å². The van der Waals surface area contributed by atoms with E-state index < -0.39 is 23.7 Å². The Morgan fingerprint density at radius 2 is 1.88 bits per heavy atom. The van der Waals surface area contributed by atoms with Crippen molar-refractivity contribution in [1.29, 1.82) is 10.5 Å². The minimum absolute atomic E-state index is 0.0881. The molecule has 2 atom stereocenters. The van der Waals surface area contributed by atoms with E-state index in [4.69, 9.17) is 34.2 Å². The van der Waals surface area contributed by atoms with Crippen molar-refractivity contribution in [1.82, 2.24) is 0 Å². The van der Waals surface area contributed by atoms with Crippen LogP contribution in [-0.2, 0) is 9.53 Å². The number of carbonyl (C=O) groups excluding carboxylic acids is 2. The summed E-state index contributed by atoms with van der Waals surface area (Å²) in [5.74, 6) is -1.66. The molecular formula is C22H19Cl2N5O3. The Kier molecular flexibility index (Phi) is 8.60. The van der Waals surface area contributed by atoms with Gasteiger partial charge in [-0.15, -0.1) is 0 Å². The maximum Gasteiger partial charge on any atom is 0.412 e. The summed E-state index contributed by atoms with van der Waals surface area (Å²) in [5, 5.41) is 23.4. The number of nitrogens with zero attached hydrogens (tertiary/aromatic N) is 3. The van der Waals surface area contributed by atoms with Crippen LogP contribution in [0.1, 0.15) is 41.9 Å². The lowest BCUT2D eigenvalue weighted by atomic mass is 9.86. The van der Waals surface area contributed by atoms with Crippen molar-refractivity contribution in [3.63, 3.8) is 0 Å². The first-order valence-corrected chi connectivity index (χ1v) is 10.1. The van der Waals surface area contributed by atoms with Gasteiger partial charge in [-0.1, -0.05) is 48.3 Å². The second kappa shape index (κ2) is 11.1. The molecule has 0 fully saturated rings. The summed E-state index contributed by atoms with van der Waals surface area (Å²) in [6.45, 7) is 3.77. The lowest BCUT2D eigenvalue weighted by Crippen LogP contribution is -2.24. The van der Waals surface area contributed by atoms with Crippen LogP contribution in [0, 0.1) is 29.6 Å². The van der Waals surface area contributed by atoms with E-state index in [1.54, 1.807) is 19.1 Å². The summed E-state index contributed by atoms with van der Waals surface area (Å²) in [6.07, 6.45) is -0.809. The molecule has 0 saturated carbocycles. The first-order valence-electron chi connectivity index (χ1n) is 9.36. The predicted octanol–water partition coefficient (Wildman–Crippen LogP) is 5.02. The third-order valence-corrected chi connectivity index (χ3v) is 5.26. The molecule has 164 valence electrons. The van der Waals surface area contributed by atoms with Crippen LogP contribution in [0.15, 0.2) is 41.5 Å². The Morgan fingerprint density at radius 3 is 2.44 bits per heavy atom. The van der Waals surface area contributed by atoms with E-state index >= 15 is 0 Å². The molecule has 0 saturated heterocycles. The van der Waals surface area contributed by atoms with Crippen LogP contribution in [-0.4, -0.2) is 17.8 Å². The van der Waals surface area contributed by atoms with Crippen LogP contribution in [0.5, 0.6) is 0 Å². The number of aryl methyl sites for hydroxylation is 1. The van der Waals surface area contributed by atoms with Crippen LogP contribution in [0.2, 0.25) is 10.0 Å². The van der Waals surface area contributed by atoms with Crippen molar-refractivity contribution in [3.8, 4) is 12.1 Å². The highest BCUT2D eigenvalue weighted by molar-refractivity contribution is 6.44. The molecule has 0 aliphatic carbocycles. The maximum atomic E-state index is 11.6. The van der Waals surface area contributed by atoms with Crippen LogP contribution in [0.3, 0.4) is 0 Å².